The van der Waals surface area contributed by atoms with Gasteiger partial charge >= 0.3 is 0 Å². The Bertz CT molecular complexity index is 1250. The molecule has 36 heavy (non-hydrogen) atoms. The van der Waals surface area contributed by atoms with Gasteiger partial charge in [0.05, 0.1) is 11.6 Å². The topological polar surface area (TPSA) is 70.1 Å². The summed E-state index contributed by atoms with van der Waals surface area (Å²) in [4.78, 5) is 29.9. The maximum atomic E-state index is 13.2. The first kappa shape index (κ1) is 25.2. The molecule has 0 radical (unpaired) electrons. The van der Waals surface area contributed by atoms with Crippen molar-refractivity contribution in [3.8, 4) is 5.75 Å². The fourth-order valence-corrected chi connectivity index (χ4v) is 4.53. The largest absolute Gasteiger partial charge is 0.507 e. The number of rotatable bonds is 9. The molecule has 1 aliphatic rings. The van der Waals surface area contributed by atoms with E-state index < -0.39 is 17.7 Å². The molecular weight excluding hydrogens is 452 g/mol. The molecule has 1 fully saturated rings. The lowest BCUT2D eigenvalue weighted by molar-refractivity contribution is -0.139. The summed E-state index contributed by atoms with van der Waals surface area (Å²) in [5.41, 5.74) is 3.23. The zero-order chi connectivity index (χ0) is 25.7. The number of aryl methyl sites for hydroxylation is 1. The number of ketones is 1. The van der Waals surface area contributed by atoms with Gasteiger partial charge in [0.25, 0.3) is 11.7 Å². The number of hydrogen-bond acceptors (Lipinski definition) is 5. The summed E-state index contributed by atoms with van der Waals surface area (Å²) in [7, 11) is 3.94. The molecule has 3 aromatic carbocycles. The molecule has 1 amide bonds. The van der Waals surface area contributed by atoms with Crippen LogP contribution in [0.3, 0.4) is 0 Å². The molecule has 4 rings (SSSR count). The van der Waals surface area contributed by atoms with Crippen LogP contribution < -0.4 is 4.74 Å². The lowest BCUT2D eigenvalue weighted by Gasteiger charge is -2.26. The van der Waals surface area contributed by atoms with E-state index in [1.54, 1.807) is 17.0 Å². The van der Waals surface area contributed by atoms with E-state index in [2.05, 4.69) is 0 Å². The number of carbonyl (C=O) groups excluding carboxylic acids is 2. The normalized spacial score (nSPS) is 17.1. The first-order valence-corrected chi connectivity index (χ1v) is 12.1. The highest BCUT2D eigenvalue weighted by Gasteiger charge is 2.45. The lowest BCUT2D eigenvalue weighted by atomic mass is 9.94. The molecule has 0 aliphatic carbocycles. The van der Waals surface area contributed by atoms with Crippen LogP contribution in [0.2, 0.25) is 0 Å². The van der Waals surface area contributed by atoms with Crippen LogP contribution in [0, 0.1) is 6.92 Å². The molecule has 3 aromatic rings. The Morgan fingerprint density at radius 1 is 0.972 bits per heavy atom. The van der Waals surface area contributed by atoms with Gasteiger partial charge in [0.2, 0.25) is 0 Å². The van der Waals surface area contributed by atoms with E-state index in [0.717, 1.165) is 29.7 Å². The van der Waals surface area contributed by atoms with Crippen LogP contribution in [-0.2, 0) is 16.2 Å². The molecule has 1 saturated heterocycles. The highest BCUT2D eigenvalue weighted by Crippen LogP contribution is 2.40. The van der Waals surface area contributed by atoms with E-state index in [4.69, 9.17) is 4.74 Å². The van der Waals surface area contributed by atoms with Crippen molar-refractivity contribution in [1.82, 2.24) is 9.80 Å². The molecule has 0 bridgehead atoms. The number of hydrogen-bond donors (Lipinski definition) is 1. The molecule has 0 aromatic heterocycles. The fourth-order valence-electron chi connectivity index (χ4n) is 4.53. The van der Waals surface area contributed by atoms with Crippen LogP contribution in [0.15, 0.2) is 84.4 Å². The third-order valence-corrected chi connectivity index (χ3v) is 6.36. The quantitative estimate of drug-likeness (QED) is 0.264. The number of ether oxygens (including phenoxy) is 1. The molecule has 0 saturated carbocycles. The van der Waals surface area contributed by atoms with Crippen molar-refractivity contribution in [1.29, 1.82) is 0 Å². The number of aliphatic hydroxyl groups is 1. The Kier molecular flexibility index (Phi) is 7.86. The fraction of sp³-hybridized carbons (Fsp3) is 0.267. The molecule has 186 valence electrons. The Hall–Kier alpha value is -3.90. The number of amides is 1. The van der Waals surface area contributed by atoms with Gasteiger partial charge in [-0.1, -0.05) is 60.7 Å². The van der Waals surface area contributed by atoms with Crippen LogP contribution in [-0.4, -0.2) is 53.8 Å². The molecule has 1 aliphatic heterocycles. The van der Waals surface area contributed by atoms with Crippen molar-refractivity contribution >= 4 is 17.4 Å². The monoisotopic (exact) mass is 484 g/mol. The SMILES string of the molecule is Cc1cc(OCc2ccccc2)ccc1C(O)=C1C(=O)C(=O)N(CCCN(C)C)[C@H]1c1ccccc1. The number of aliphatic hydroxyl groups excluding tert-OH is 1. The summed E-state index contributed by atoms with van der Waals surface area (Å²) < 4.78 is 5.91. The standard InChI is InChI=1S/C30H32N2O4/c1-21-19-24(36-20-22-11-6-4-7-12-22)15-16-25(21)28(33)26-27(23-13-8-5-9-14-23)32(30(35)29(26)34)18-10-17-31(2)3/h4-9,11-16,19,27,33H,10,17-18,20H2,1-3H3/t27-/m0/s1. The number of likely N-dealkylation sites (tertiary alicyclic amines) is 1. The number of carbonyl (C=O) groups is 2. The Morgan fingerprint density at radius 3 is 2.28 bits per heavy atom. The lowest BCUT2D eigenvalue weighted by Crippen LogP contribution is -2.32. The van der Waals surface area contributed by atoms with Crippen LogP contribution in [0.5, 0.6) is 5.75 Å². The number of benzene rings is 3. The van der Waals surface area contributed by atoms with E-state index in [-0.39, 0.29) is 11.3 Å². The van der Waals surface area contributed by atoms with Crippen molar-refractivity contribution in [3.05, 3.63) is 107 Å². The summed E-state index contributed by atoms with van der Waals surface area (Å²) >= 11 is 0. The van der Waals surface area contributed by atoms with Crippen molar-refractivity contribution in [3.63, 3.8) is 0 Å². The van der Waals surface area contributed by atoms with Crippen LogP contribution in [0.25, 0.3) is 5.76 Å². The zero-order valence-electron chi connectivity index (χ0n) is 21.0. The number of nitrogens with zero attached hydrogens (tertiary/aromatic N) is 2. The van der Waals surface area contributed by atoms with Crippen LogP contribution >= 0.6 is 0 Å². The highest BCUT2D eigenvalue weighted by molar-refractivity contribution is 6.46. The van der Waals surface area contributed by atoms with Crippen molar-refractivity contribution < 1.29 is 19.4 Å². The smallest absolute Gasteiger partial charge is 0.295 e. The second-order valence-electron chi connectivity index (χ2n) is 9.31. The van der Waals surface area contributed by atoms with E-state index >= 15 is 0 Å². The maximum Gasteiger partial charge on any atom is 0.295 e. The maximum absolute atomic E-state index is 13.2. The highest BCUT2D eigenvalue weighted by atomic mass is 16.5. The summed E-state index contributed by atoms with van der Waals surface area (Å²) in [6.45, 7) is 3.49. The van der Waals surface area contributed by atoms with E-state index in [1.165, 1.54) is 0 Å². The summed E-state index contributed by atoms with van der Waals surface area (Å²) in [5.74, 6) is -0.735. The molecule has 1 atom stereocenters. The van der Waals surface area contributed by atoms with E-state index in [1.807, 2.05) is 92.6 Å². The molecular formula is C30H32N2O4. The molecule has 1 heterocycles. The summed E-state index contributed by atoms with van der Waals surface area (Å²) in [6.07, 6.45) is 0.718. The van der Waals surface area contributed by atoms with Crippen molar-refractivity contribution in [2.75, 3.05) is 27.2 Å². The minimum atomic E-state index is -0.657. The van der Waals surface area contributed by atoms with Crippen molar-refractivity contribution in [2.24, 2.45) is 0 Å². The molecule has 6 heteroatoms. The van der Waals surface area contributed by atoms with Gasteiger partial charge in [-0.2, -0.15) is 0 Å². The van der Waals surface area contributed by atoms with Gasteiger partial charge in [-0.3, -0.25) is 9.59 Å². The summed E-state index contributed by atoms with van der Waals surface area (Å²) in [5, 5.41) is 11.4. The second-order valence-corrected chi connectivity index (χ2v) is 9.31. The van der Waals surface area contributed by atoms with Crippen molar-refractivity contribution in [2.45, 2.75) is 26.0 Å². The third-order valence-electron chi connectivity index (χ3n) is 6.36. The first-order valence-electron chi connectivity index (χ1n) is 12.1. The van der Waals surface area contributed by atoms with Gasteiger partial charge in [-0.05, 0) is 68.9 Å². The average Bonchev–Trinajstić information content (AvgIpc) is 3.13. The predicted molar refractivity (Wildman–Crippen MR) is 141 cm³/mol. The van der Waals surface area contributed by atoms with Gasteiger partial charge in [0.1, 0.15) is 18.1 Å². The predicted octanol–water partition coefficient (Wildman–Crippen LogP) is 4.95. The Morgan fingerprint density at radius 2 is 1.64 bits per heavy atom. The second kappa shape index (κ2) is 11.2. The Balaban J connectivity index is 1.66. The van der Waals surface area contributed by atoms with Gasteiger partial charge in [-0.15, -0.1) is 0 Å². The van der Waals surface area contributed by atoms with E-state index in [9.17, 15) is 14.7 Å². The van der Waals surface area contributed by atoms with E-state index in [0.29, 0.717) is 24.5 Å². The third kappa shape index (κ3) is 5.50. The number of Topliss-reactive ketones (excluding diaryl/α,β-unsaturated/α-hetero) is 1. The van der Waals surface area contributed by atoms with Gasteiger partial charge in [0.15, 0.2) is 0 Å². The first-order chi connectivity index (χ1) is 17.4. The van der Waals surface area contributed by atoms with Gasteiger partial charge in [0, 0.05) is 12.1 Å². The molecule has 0 spiro atoms. The molecule has 1 N–H and O–H groups in total. The minimum Gasteiger partial charge on any atom is -0.507 e. The van der Waals surface area contributed by atoms with Crippen LogP contribution in [0.4, 0.5) is 0 Å². The van der Waals surface area contributed by atoms with Crippen LogP contribution in [0.1, 0.15) is 34.7 Å². The molecule has 0 unspecified atom stereocenters. The zero-order valence-corrected chi connectivity index (χ0v) is 21.0. The molecule has 6 nitrogen and oxygen atoms in total. The summed E-state index contributed by atoms with van der Waals surface area (Å²) in [6, 6.07) is 24.0. The minimum absolute atomic E-state index is 0.122. The Labute approximate surface area is 212 Å². The van der Waals surface area contributed by atoms with Gasteiger partial charge < -0.3 is 19.6 Å². The average molecular weight is 485 g/mol. The van der Waals surface area contributed by atoms with Gasteiger partial charge in [-0.25, -0.2) is 0 Å².